The van der Waals surface area contributed by atoms with E-state index in [4.69, 9.17) is 0 Å². The molecule has 2 heterocycles. The Morgan fingerprint density at radius 1 is 1.33 bits per heavy atom. The molecule has 1 aliphatic heterocycles. The van der Waals surface area contributed by atoms with Gasteiger partial charge in [0, 0.05) is 25.4 Å². The molecule has 1 aromatic heterocycles. The number of hydrogen-bond donors (Lipinski definition) is 2. The van der Waals surface area contributed by atoms with Gasteiger partial charge in [-0.1, -0.05) is 6.07 Å². The highest BCUT2D eigenvalue weighted by Crippen LogP contribution is 2.18. The standard InChI is InChI=1S/C19H25FN4O.2ClH/c1-14-22-10-11-24(14)18-4-2-16(12-17(18)20)13-23-19(25)5-3-15-6-8-21-9-7-15;;/h2,4,10-12,15,21H,3,5-9,13H2,1H3,(H,23,25);2*1H. The van der Waals surface area contributed by atoms with Crippen molar-refractivity contribution in [1.29, 1.82) is 0 Å². The summed E-state index contributed by atoms with van der Waals surface area (Å²) in [6.45, 7) is 4.28. The number of nitrogens with zero attached hydrogens (tertiary/aromatic N) is 2. The number of amides is 1. The van der Waals surface area contributed by atoms with Crippen LogP contribution in [0.1, 0.15) is 37.1 Å². The van der Waals surface area contributed by atoms with Crippen molar-refractivity contribution in [1.82, 2.24) is 20.2 Å². The summed E-state index contributed by atoms with van der Waals surface area (Å²) in [5.41, 5.74) is 1.23. The molecule has 5 nitrogen and oxygen atoms in total. The summed E-state index contributed by atoms with van der Waals surface area (Å²) < 4.78 is 16.0. The number of hydrogen-bond acceptors (Lipinski definition) is 3. The van der Waals surface area contributed by atoms with Gasteiger partial charge in [0.2, 0.25) is 5.91 Å². The molecule has 0 radical (unpaired) electrons. The van der Waals surface area contributed by atoms with Crippen molar-refractivity contribution in [2.24, 2.45) is 5.92 Å². The number of rotatable bonds is 6. The first-order valence-corrected chi connectivity index (χ1v) is 8.89. The van der Waals surface area contributed by atoms with Gasteiger partial charge < -0.3 is 15.2 Å². The van der Waals surface area contributed by atoms with Gasteiger partial charge in [0.1, 0.15) is 11.6 Å². The van der Waals surface area contributed by atoms with E-state index in [9.17, 15) is 9.18 Å². The van der Waals surface area contributed by atoms with Crippen LogP contribution in [-0.2, 0) is 11.3 Å². The van der Waals surface area contributed by atoms with Crippen molar-refractivity contribution >= 4 is 30.7 Å². The molecule has 2 N–H and O–H groups in total. The van der Waals surface area contributed by atoms with Crippen LogP contribution < -0.4 is 10.6 Å². The Bertz CT molecular complexity index is 732. The number of halogens is 3. The van der Waals surface area contributed by atoms with Crippen LogP contribution in [0.2, 0.25) is 0 Å². The highest BCUT2D eigenvalue weighted by molar-refractivity contribution is 5.85. The minimum atomic E-state index is -0.317. The fourth-order valence-corrected chi connectivity index (χ4v) is 3.28. The highest BCUT2D eigenvalue weighted by atomic mass is 35.5. The first kappa shape index (κ1) is 23.4. The van der Waals surface area contributed by atoms with Crippen molar-refractivity contribution in [2.45, 2.75) is 39.2 Å². The molecule has 0 spiro atoms. The average Bonchev–Trinajstić information content (AvgIpc) is 3.05. The molecule has 1 amide bonds. The number of carbonyl (C=O) groups is 1. The molecule has 3 rings (SSSR count). The lowest BCUT2D eigenvalue weighted by Crippen LogP contribution is -2.29. The number of carbonyl (C=O) groups excluding carboxylic acids is 1. The quantitative estimate of drug-likeness (QED) is 0.756. The predicted molar refractivity (Wildman–Crippen MR) is 109 cm³/mol. The molecule has 1 aliphatic rings. The van der Waals surface area contributed by atoms with Gasteiger partial charge in [-0.15, -0.1) is 24.8 Å². The summed E-state index contributed by atoms with van der Waals surface area (Å²) in [5.74, 6) is 1.09. The van der Waals surface area contributed by atoms with Gasteiger partial charge >= 0.3 is 0 Å². The minimum Gasteiger partial charge on any atom is -0.352 e. The summed E-state index contributed by atoms with van der Waals surface area (Å²) in [5, 5.41) is 6.22. The van der Waals surface area contributed by atoms with Crippen molar-refractivity contribution in [2.75, 3.05) is 13.1 Å². The van der Waals surface area contributed by atoms with E-state index in [2.05, 4.69) is 15.6 Å². The smallest absolute Gasteiger partial charge is 0.220 e. The van der Waals surface area contributed by atoms with E-state index < -0.39 is 0 Å². The van der Waals surface area contributed by atoms with Gasteiger partial charge in [0.05, 0.1) is 5.69 Å². The Balaban J connectivity index is 0.00000182. The second-order valence-corrected chi connectivity index (χ2v) is 6.64. The van der Waals surface area contributed by atoms with E-state index in [-0.39, 0.29) is 36.5 Å². The molecule has 1 aromatic carbocycles. The Morgan fingerprint density at radius 3 is 2.70 bits per heavy atom. The third-order valence-corrected chi connectivity index (χ3v) is 4.83. The first-order valence-electron chi connectivity index (χ1n) is 8.89. The Hall–Kier alpha value is -1.63. The Labute approximate surface area is 172 Å². The van der Waals surface area contributed by atoms with Crippen LogP contribution in [0, 0.1) is 18.7 Å². The van der Waals surface area contributed by atoms with Crippen molar-refractivity contribution in [3.8, 4) is 5.69 Å². The zero-order chi connectivity index (χ0) is 17.6. The van der Waals surface area contributed by atoms with E-state index in [1.165, 1.54) is 6.07 Å². The molecule has 150 valence electrons. The zero-order valence-corrected chi connectivity index (χ0v) is 17.0. The van der Waals surface area contributed by atoms with E-state index in [1.54, 1.807) is 23.0 Å². The summed E-state index contributed by atoms with van der Waals surface area (Å²) >= 11 is 0. The van der Waals surface area contributed by atoms with Gasteiger partial charge in [-0.25, -0.2) is 9.37 Å². The fourth-order valence-electron chi connectivity index (χ4n) is 3.28. The molecule has 0 atom stereocenters. The second kappa shape index (κ2) is 11.3. The molecule has 27 heavy (non-hydrogen) atoms. The molecule has 0 aliphatic carbocycles. The largest absolute Gasteiger partial charge is 0.352 e. The summed E-state index contributed by atoms with van der Waals surface area (Å²) in [6.07, 6.45) is 7.14. The molecule has 8 heteroatoms. The van der Waals surface area contributed by atoms with E-state index >= 15 is 0 Å². The molecule has 1 saturated heterocycles. The molecule has 2 aromatic rings. The maximum atomic E-state index is 14.3. The Kier molecular flexibility index (Phi) is 9.77. The highest BCUT2D eigenvalue weighted by Gasteiger charge is 2.14. The first-order chi connectivity index (χ1) is 12.1. The maximum Gasteiger partial charge on any atom is 0.220 e. The monoisotopic (exact) mass is 416 g/mol. The average molecular weight is 417 g/mol. The van der Waals surface area contributed by atoms with Gasteiger partial charge in [-0.05, 0) is 62.9 Å². The van der Waals surface area contributed by atoms with Crippen LogP contribution in [0.3, 0.4) is 0 Å². The van der Waals surface area contributed by atoms with Crippen molar-refractivity contribution < 1.29 is 9.18 Å². The molecule has 0 bridgehead atoms. The lowest BCUT2D eigenvalue weighted by molar-refractivity contribution is -0.121. The van der Waals surface area contributed by atoms with Gasteiger partial charge in [0.15, 0.2) is 0 Å². The second-order valence-electron chi connectivity index (χ2n) is 6.64. The number of imidazole rings is 1. The Morgan fingerprint density at radius 2 is 2.07 bits per heavy atom. The predicted octanol–water partition coefficient (Wildman–Crippen LogP) is 3.56. The number of piperidine rings is 1. The third-order valence-electron chi connectivity index (χ3n) is 4.83. The number of aromatic nitrogens is 2. The normalized spacial score (nSPS) is 14.1. The maximum absolute atomic E-state index is 14.3. The summed E-state index contributed by atoms with van der Waals surface area (Å²) in [4.78, 5) is 16.1. The van der Waals surface area contributed by atoms with Crippen LogP contribution in [-0.4, -0.2) is 28.5 Å². The van der Waals surface area contributed by atoms with E-state index in [1.807, 2.05) is 13.0 Å². The zero-order valence-electron chi connectivity index (χ0n) is 15.4. The van der Waals surface area contributed by atoms with Crippen LogP contribution in [0.4, 0.5) is 4.39 Å². The minimum absolute atomic E-state index is 0. The van der Waals surface area contributed by atoms with Crippen molar-refractivity contribution in [3.63, 3.8) is 0 Å². The lowest BCUT2D eigenvalue weighted by atomic mass is 9.93. The molecule has 0 saturated carbocycles. The van der Waals surface area contributed by atoms with Crippen LogP contribution >= 0.6 is 24.8 Å². The number of aryl methyl sites for hydroxylation is 1. The summed E-state index contributed by atoms with van der Waals surface area (Å²) in [7, 11) is 0. The molecule has 1 fully saturated rings. The number of benzene rings is 1. The van der Waals surface area contributed by atoms with Gasteiger partial charge in [-0.2, -0.15) is 0 Å². The lowest BCUT2D eigenvalue weighted by Gasteiger charge is -2.22. The van der Waals surface area contributed by atoms with Crippen LogP contribution in [0.5, 0.6) is 0 Å². The van der Waals surface area contributed by atoms with Crippen LogP contribution in [0.15, 0.2) is 30.6 Å². The van der Waals surface area contributed by atoms with E-state index in [0.29, 0.717) is 24.6 Å². The SMILES string of the molecule is Cc1nccn1-c1ccc(CNC(=O)CCC2CCNCC2)cc1F.Cl.Cl. The fraction of sp³-hybridized carbons (Fsp3) is 0.474. The van der Waals surface area contributed by atoms with Crippen molar-refractivity contribution in [3.05, 3.63) is 47.8 Å². The third kappa shape index (κ3) is 6.48. The topological polar surface area (TPSA) is 59.0 Å². The van der Waals surface area contributed by atoms with Gasteiger partial charge in [-0.3, -0.25) is 4.79 Å². The molecular formula is C19H27Cl2FN4O. The van der Waals surface area contributed by atoms with Crippen LogP contribution in [0.25, 0.3) is 5.69 Å². The molecular weight excluding hydrogens is 390 g/mol. The molecule has 0 unspecified atom stereocenters. The van der Waals surface area contributed by atoms with E-state index in [0.717, 1.165) is 43.7 Å². The summed E-state index contributed by atoms with van der Waals surface area (Å²) in [6, 6.07) is 5.04. The number of nitrogens with one attached hydrogen (secondary N) is 2. The van der Waals surface area contributed by atoms with Gasteiger partial charge in [0.25, 0.3) is 0 Å².